The van der Waals surface area contributed by atoms with Gasteiger partial charge < -0.3 is 4.90 Å². The number of aryl methyl sites for hydroxylation is 1. The van der Waals surface area contributed by atoms with E-state index in [0.717, 1.165) is 35.4 Å². The Kier molecular flexibility index (Phi) is 6.93. The van der Waals surface area contributed by atoms with Crippen LogP contribution in [-0.2, 0) is 0 Å². The minimum atomic E-state index is -0.135. The van der Waals surface area contributed by atoms with Crippen LogP contribution < -0.4 is 4.90 Å². The summed E-state index contributed by atoms with van der Waals surface area (Å²) in [6.07, 6.45) is 1.85. The summed E-state index contributed by atoms with van der Waals surface area (Å²) >= 11 is 7.86. The third-order valence-corrected chi connectivity index (χ3v) is 6.59. The maximum absolute atomic E-state index is 13.4. The van der Waals surface area contributed by atoms with Gasteiger partial charge in [-0.25, -0.2) is 4.98 Å². The maximum Gasteiger partial charge on any atom is 0.280 e. The molecule has 0 fully saturated rings. The molecule has 0 aliphatic rings. The maximum atomic E-state index is 13.4. The van der Waals surface area contributed by atoms with Crippen LogP contribution in [0.15, 0.2) is 24.4 Å². The van der Waals surface area contributed by atoms with Gasteiger partial charge >= 0.3 is 0 Å². The number of hydrogen-bond acceptors (Lipinski definition) is 5. The van der Waals surface area contributed by atoms with Gasteiger partial charge in [0.1, 0.15) is 0 Å². The number of hydrogen-bond donors (Lipinski definition) is 0. The highest BCUT2D eigenvalue weighted by molar-refractivity contribution is 7.23. The number of fused-ring (bicyclic) bond motifs is 1. The molecule has 29 heavy (non-hydrogen) atoms. The van der Waals surface area contributed by atoms with Crippen LogP contribution in [0, 0.1) is 6.92 Å². The van der Waals surface area contributed by atoms with E-state index in [4.69, 9.17) is 16.6 Å². The van der Waals surface area contributed by atoms with E-state index < -0.39 is 0 Å². The molecule has 156 valence electrons. The fourth-order valence-corrected chi connectivity index (χ4v) is 4.49. The summed E-state index contributed by atoms with van der Waals surface area (Å²) in [5, 5.41) is 5.80. The van der Waals surface area contributed by atoms with Crippen molar-refractivity contribution in [3.05, 3.63) is 40.7 Å². The number of amides is 1. The number of benzene rings is 1. The first-order valence-electron chi connectivity index (χ1n) is 10.0. The third kappa shape index (κ3) is 4.63. The van der Waals surface area contributed by atoms with Crippen LogP contribution in [0.2, 0.25) is 5.02 Å². The van der Waals surface area contributed by atoms with Crippen molar-refractivity contribution < 1.29 is 4.79 Å². The lowest BCUT2D eigenvalue weighted by Gasteiger charge is -2.24. The minimum absolute atomic E-state index is 0.135. The van der Waals surface area contributed by atoms with E-state index in [0.29, 0.717) is 22.4 Å². The van der Waals surface area contributed by atoms with Crippen LogP contribution in [0.3, 0.4) is 0 Å². The number of halogens is 1. The number of likely N-dealkylation sites (N-methyl/N-ethyl adjacent to an activating group) is 1. The van der Waals surface area contributed by atoms with Gasteiger partial charge in [0.25, 0.3) is 5.91 Å². The van der Waals surface area contributed by atoms with Gasteiger partial charge in [-0.3, -0.25) is 14.4 Å². The molecule has 8 heteroatoms. The standard InChI is InChI=1S/C21H28ClN5OS/c1-6-25(7-2)12-13-26(20(28)17-10-11-27(24-17)14(3)4)21-23-18-15(5)8-9-16(22)19(18)29-21/h8-11,14H,6-7,12-13H2,1-5H3. The smallest absolute Gasteiger partial charge is 0.280 e. The van der Waals surface area contributed by atoms with Crippen LogP contribution in [0.25, 0.3) is 10.2 Å². The molecule has 0 radical (unpaired) electrons. The van der Waals surface area contributed by atoms with Gasteiger partial charge in [-0.15, -0.1) is 0 Å². The third-order valence-electron chi connectivity index (χ3n) is 5.05. The molecular formula is C21H28ClN5OS. The van der Waals surface area contributed by atoms with Gasteiger partial charge in [-0.05, 0) is 51.6 Å². The first-order chi connectivity index (χ1) is 13.8. The SMILES string of the molecule is CCN(CC)CCN(C(=O)c1ccn(C(C)C)n1)c1nc2c(C)ccc(Cl)c2s1. The number of carbonyl (C=O) groups excluding carboxylic acids is 1. The topological polar surface area (TPSA) is 54.3 Å². The summed E-state index contributed by atoms with van der Waals surface area (Å²) in [6, 6.07) is 5.82. The average molecular weight is 434 g/mol. The van der Waals surface area contributed by atoms with E-state index in [9.17, 15) is 4.79 Å². The van der Waals surface area contributed by atoms with Gasteiger partial charge in [0.15, 0.2) is 10.8 Å². The summed E-state index contributed by atoms with van der Waals surface area (Å²) < 4.78 is 2.71. The first kappa shape index (κ1) is 21.7. The van der Waals surface area contributed by atoms with E-state index >= 15 is 0 Å². The van der Waals surface area contributed by atoms with Gasteiger partial charge in [0.05, 0.1) is 15.2 Å². The highest BCUT2D eigenvalue weighted by Crippen LogP contribution is 2.36. The zero-order valence-corrected chi connectivity index (χ0v) is 19.2. The van der Waals surface area contributed by atoms with Crippen LogP contribution in [-0.4, -0.2) is 51.8 Å². The molecule has 0 aliphatic heterocycles. The van der Waals surface area contributed by atoms with Gasteiger partial charge in [0, 0.05) is 25.3 Å². The predicted octanol–water partition coefficient (Wildman–Crippen LogP) is 5.02. The molecule has 0 bridgehead atoms. The van der Waals surface area contributed by atoms with E-state index in [-0.39, 0.29) is 11.9 Å². The van der Waals surface area contributed by atoms with Crippen molar-refractivity contribution in [2.45, 2.75) is 40.7 Å². The monoisotopic (exact) mass is 433 g/mol. The van der Waals surface area contributed by atoms with E-state index in [1.54, 1.807) is 15.6 Å². The highest BCUT2D eigenvalue weighted by atomic mass is 35.5. The van der Waals surface area contributed by atoms with Crippen molar-refractivity contribution in [2.24, 2.45) is 0 Å². The summed E-state index contributed by atoms with van der Waals surface area (Å²) in [7, 11) is 0. The molecular weight excluding hydrogens is 406 g/mol. The van der Waals surface area contributed by atoms with Gasteiger partial charge in [-0.2, -0.15) is 5.10 Å². The molecule has 0 N–H and O–H groups in total. The summed E-state index contributed by atoms with van der Waals surface area (Å²) in [4.78, 5) is 22.2. The molecule has 2 heterocycles. The number of anilines is 1. The normalized spacial score (nSPS) is 11.7. The number of rotatable bonds is 8. The Labute approximate surface area is 181 Å². The zero-order valence-electron chi connectivity index (χ0n) is 17.6. The molecule has 2 aromatic heterocycles. The summed E-state index contributed by atoms with van der Waals surface area (Å²) in [5.41, 5.74) is 2.33. The molecule has 0 saturated carbocycles. The fourth-order valence-electron chi connectivity index (χ4n) is 3.15. The van der Waals surface area contributed by atoms with E-state index in [2.05, 4.69) is 23.8 Å². The molecule has 1 amide bonds. The molecule has 3 aromatic rings. The summed E-state index contributed by atoms with van der Waals surface area (Å²) in [5.74, 6) is -0.135. The number of thiazole rings is 1. The van der Waals surface area contributed by atoms with Crippen LogP contribution in [0.1, 0.15) is 49.8 Å². The van der Waals surface area contributed by atoms with Crippen molar-refractivity contribution in [3.63, 3.8) is 0 Å². The number of carbonyl (C=O) groups is 1. The predicted molar refractivity (Wildman–Crippen MR) is 121 cm³/mol. The van der Waals surface area contributed by atoms with Crippen molar-refractivity contribution >= 4 is 44.2 Å². The number of aromatic nitrogens is 3. The molecule has 3 rings (SSSR count). The molecule has 0 atom stereocenters. The molecule has 6 nitrogen and oxygen atoms in total. The average Bonchev–Trinajstić information content (AvgIpc) is 3.36. The van der Waals surface area contributed by atoms with E-state index in [1.165, 1.54) is 11.3 Å². The Balaban J connectivity index is 1.99. The number of nitrogens with zero attached hydrogens (tertiary/aromatic N) is 5. The zero-order chi connectivity index (χ0) is 21.1. The molecule has 0 saturated heterocycles. The Bertz CT molecular complexity index is 953. The molecule has 0 aliphatic carbocycles. The Morgan fingerprint density at radius 1 is 1.21 bits per heavy atom. The second kappa shape index (κ2) is 9.24. The quantitative estimate of drug-likeness (QED) is 0.500. The lowest BCUT2D eigenvalue weighted by Crippen LogP contribution is -2.39. The van der Waals surface area contributed by atoms with Crippen LogP contribution in [0.4, 0.5) is 5.13 Å². The summed E-state index contributed by atoms with van der Waals surface area (Å²) in [6.45, 7) is 13.5. The van der Waals surface area contributed by atoms with Crippen molar-refractivity contribution in [1.82, 2.24) is 19.7 Å². The minimum Gasteiger partial charge on any atom is -0.302 e. The largest absolute Gasteiger partial charge is 0.302 e. The van der Waals surface area contributed by atoms with Gasteiger partial charge in [0.2, 0.25) is 0 Å². The van der Waals surface area contributed by atoms with Crippen LogP contribution >= 0.6 is 22.9 Å². The Morgan fingerprint density at radius 3 is 2.52 bits per heavy atom. The fraction of sp³-hybridized carbons (Fsp3) is 0.476. The highest BCUT2D eigenvalue weighted by Gasteiger charge is 2.25. The van der Waals surface area contributed by atoms with Crippen LogP contribution in [0.5, 0.6) is 0 Å². The van der Waals surface area contributed by atoms with Gasteiger partial charge in [-0.1, -0.05) is 42.9 Å². The lowest BCUT2D eigenvalue weighted by molar-refractivity contribution is 0.0978. The Morgan fingerprint density at radius 2 is 1.93 bits per heavy atom. The second-order valence-corrected chi connectivity index (χ2v) is 8.68. The van der Waals surface area contributed by atoms with E-state index in [1.807, 2.05) is 39.1 Å². The molecule has 1 aromatic carbocycles. The molecule has 0 spiro atoms. The van der Waals surface area contributed by atoms with Crippen molar-refractivity contribution in [3.8, 4) is 0 Å². The second-order valence-electron chi connectivity index (χ2n) is 7.30. The Hall–Kier alpha value is -1.96. The van der Waals surface area contributed by atoms with Crippen molar-refractivity contribution in [2.75, 3.05) is 31.1 Å². The first-order valence-corrected chi connectivity index (χ1v) is 11.2. The lowest BCUT2D eigenvalue weighted by atomic mass is 10.2. The molecule has 0 unspecified atom stereocenters. The van der Waals surface area contributed by atoms with Crippen molar-refractivity contribution in [1.29, 1.82) is 0 Å².